The van der Waals surface area contributed by atoms with Crippen LogP contribution in [0.3, 0.4) is 0 Å². The first kappa shape index (κ1) is 8.17. The van der Waals surface area contributed by atoms with E-state index in [1.807, 2.05) is 18.2 Å². The van der Waals surface area contributed by atoms with Crippen LogP contribution in [-0.2, 0) is 0 Å². The average molecular weight is 164 g/mol. The van der Waals surface area contributed by atoms with Gasteiger partial charge in [0.25, 0.3) is 0 Å². The highest BCUT2D eigenvalue weighted by atomic mass is 32.2. The van der Waals surface area contributed by atoms with Crippen LogP contribution in [0.25, 0.3) is 0 Å². The summed E-state index contributed by atoms with van der Waals surface area (Å²) >= 11 is 1.69. The molecule has 1 aliphatic rings. The highest BCUT2D eigenvalue weighted by Crippen LogP contribution is 2.26. The van der Waals surface area contributed by atoms with Crippen molar-refractivity contribution in [2.45, 2.75) is 11.7 Å². The molecule has 56 valence electrons. The Morgan fingerprint density at radius 1 is 1.36 bits per heavy atom. The average Bonchev–Trinajstić information content (AvgIpc) is 2.09. The van der Waals surface area contributed by atoms with Gasteiger partial charge in [0.2, 0.25) is 0 Å². The number of nitrogens with zero attached hydrogens (tertiary/aromatic N) is 2. The maximum atomic E-state index is 8.57. The molecule has 0 aromatic heterocycles. The van der Waals surface area contributed by atoms with Crippen LogP contribution in [0.5, 0.6) is 0 Å². The lowest BCUT2D eigenvalue weighted by atomic mass is 10.1. The van der Waals surface area contributed by atoms with Gasteiger partial charge in [-0.2, -0.15) is 22.3 Å². The Hall–Kier alpha value is -0.930. The van der Waals surface area contributed by atoms with Gasteiger partial charge in [-0.3, -0.25) is 0 Å². The monoisotopic (exact) mass is 164 g/mol. The van der Waals surface area contributed by atoms with E-state index in [9.17, 15) is 0 Å². The van der Waals surface area contributed by atoms with Gasteiger partial charge in [0.1, 0.15) is 5.92 Å². The van der Waals surface area contributed by atoms with E-state index >= 15 is 0 Å². The van der Waals surface area contributed by atoms with Gasteiger partial charge in [-0.1, -0.05) is 12.2 Å². The van der Waals surface area contributed by atoms with Crippen LogP contribution < -0.4 is 0 Å². The summed E-state index contributed by atoms with van der Waals surface area (Å²) in [7, 11) is 0. The van der Waals surface area contributed by atoms with E-state index in [-0.39, 0.29) is 5.25 Å². The molecule has 0 bridgehead atoms. The number of rotatable bonds is 1. The van der Waals surface area contributed by atoms with Crippen molar-refractivity contribution in [1.29, 1.82) is 10.5 Å². The van der Waals surface area contributed by atoms with Crippen molar-refractivity contribution in [3.63, 3.8) is 0 Å². The molecular formula is C8H8N2S. The van der Waals surface area contributed by atoms with E-state index in [4.69, 9.17) is 10.5 Å². The first-order chi connectivity index (χ1) is 5.38. The first-order valence-electron chi connectivity index (χ1n) is 3.44. The van der Waals surface area contributed by atoms with Crippen molar-refractivity contribution < 1.29 is 0 Å². The summed E-state index contributed by atoms with van der Waals surface area (Å²) in [5.74, 6) is 0.495. The largest absolute Gasteiger partial charge is 0.197 e. The third-order valence-electron chi connectivity index (χ3n) is 1.59. The van der Waals surface area contributed by atoms with Crippen LogP contribution >= 0.6 is 11.8 Å². The third kappa shape index (κ3) is 2.00. The van der Waals surface area contributed by atoms with Crippen LogP contribution in [0.1, 0.15) is 6.42 Å². The minimum absolute atomic E-state index is 0.190. The molecule has 11 heavy (non-hydrogen) atoms. The standard InChI is InChI=1S/C8H8N2S/c9-5-7(6-10)8-3-1-2-4-11-8/h1-2,7-8H,3-4H2. The Balaban J connectivity index is 2.55. The molecule has 0 radical (unpaired) electrons. The van der Waals surface area contributed by atoms with E-state index in [0.29, 0.717) is 0 Å². The van der Waals surface area contributed by atoms with Gasteiger partial charge in [-0.05, 0) is 6.42 Å². The fourth-order valence-electron chi connectivity index (χ4n) is 0.973. The molecule has 0 amide bonds. The molecule has 0 spiro atoms. The highest BCUT2D eigenvalue weighted by molar-refractivity contribution is 8.00. The zero-order valence-electron chi connectivity index (χ0n) is 6.03. The molecule has 3 heteroatoms. The van der Waals surface area contributed by atoms with E-state index in [1.54, 1.807) is 11.8 Å². The molecule has 0 N–H and O–H groups in total. The van der Waals surface area contributed by atoms with Crippen molar-refractivity contribution in [2.24, 2.45) is 5.92 Å². The second-order valence-electron chi connectivity index (χ2n) is 2.31. The fourth-order valence-corrected chi connectivity index (χ4v) is 2.03. The third-order valence-corrected chi connectivity index (χ3v) is 2.87. The number of hydrogen-bond donors (Lipinski definition) is 0. The molecule has 1 unspecified atom stereocenters. The molecule has 0 saturated carbocycles. The molecule has 1 aliphatic heterocycles. The van der Waals surface area contributed by atoms with Crippen LogP contribution in [0.4, 0.5) is 0 Å². The van der Waals surface area contributed by atoms with Gasteiger partial charge in [0.05, 0.1) is 12.1 Å². The summed E-state index contributed by atoms with van der Waals surface area (Å²) in [6, 6.07) is 4.01. The van der Waals surface area contributed by atoms with Gasteiger partial charge in [-0.15, -0.1) is 0 Å². The fraction of sp³-hybridized carbons (Fsp3) is 0.500. The first-order valence-corrected chi connectivity index (χ1v) is 4.49. The van der Waals surface area contributed by atoms with Gasteiger partial charge in [0.15, 0.2) is 0 Å². The Labute approximate surface area is 70.5 Å². The second-order valence-corrected chi connectivity index (χ2v) is 3.59. The summed E-state index contributed by atoms with van der Waals surface area (Å²) in [5.41, 5.74) is 0. The second kappa shape index (κ2) is 4.05. The minimum Gasteiger partial charge on any atom is -0.197 e. The number of hydrogen-bond acceptors (Lipinski definition) is 3. The summed E-state index contributed by atoms with van der Waals surface area (Å²) < 4.78 is 0. The lowest BCUT2D eigenvalue weighted by molar-refractivity contribution is 0.763. The zero-order valence-corrected chi connectivity index (χ0v) is 6.84. The Morgan fingerprint density at radius 2 is 2.09 bits per heavy atom. The molecule has 1 atom stereocenters. The Kier molecular flexibility index (Phi) is 3.01. The van der Waals surface area contributed by atoms with Gasteiger partial charge in [-0.25, -0.2) is 0 Å². The molecule has 1 rings (SSSR count). The van der Waals surface area contributed by atoms with Crippen molar-refractivity contribution in [3.8, 4) is 12.1 Å². The summed E-state index contributed by atoms with van der Waals surface area (Å²) in [4.78, 5) is 0. The van der Waals surface area contributed by atoms with Crippen molar-refractivity contribution in [3.05, 3.63) is 12.2 Å². The molecular weight excluding hydrogens is 156 g/mol. The van der Waals surface area contributed by atoms with Crippen molar-refractivity contribution >= 4 is 11.8 Å². The molecule has 1 heterocycles. The Bertz CT molecular complexity index is 219. The van der Waals surface area contributed by atoms with Gasteiger partial charge in [0, 0.05) is 11.0 Å². The van der Waals surface area contributed by atoms with Crippen LogP contribution in [-0.4, -0.2) is 11.0 Å². The molecule has 0 aliphatic carbocycles. The maximum Gasteiger partial charge on any atom is 0.145 e. The SMILES string of the molecule is N#CC(C#N)C1CC=CCS1. The summed E-state index contributed by atoms with van der Waals surface area (Å²) in [6.45, 7) is 0. The normalized spacial score (nSPS) is 22.6. The maximum absolute atomic E-state index is 8.57. The number of nitriles is 2. The molecule has 0 aromatic rings. The van der Waals surface area contributed by atoms with Gasteiger partial charge < -0.3 is 0 Å². The van der Waals surface area contributed by atoms with Crippen molar-refractivity contribution in [1.82, 2.24) is 0 Å². The topological polar surface area (TPSA) is 47.6 Å². The predicted molar refractivity (Wildman–Crippen MR) is 44.7 cm³/mol. The predicted octanol–water partition coefficient (Wildman–Crippen LogP) is 1.71. The minimum atomic E-state index is -0.440. The summed E-state index contributed by atoms with van der Waals surface area (Å²) in [5, 5.41) is 17.3. The number of thioether (sulfide) groups is 1. The lowest BCUT2D eigenvalue weighted by Gasteiger charge is -2.16. The zero-order chi connectivity index (χ0) is 8.10. The van der Waals surface area contributed by atoms with Gasteiger partial charge >= 0.3 is 0 Å². The summed E-state index contributed by atoms with van der Waals surface area (Å²) in [6.07, 6.45) is 4.98. The van der Waals surface area contributed by atoms with Crippen LogP contribution in [0.2, 0.25) is 0 Å². The van der Waals surface area contributed by atoms with E-state index < -0.39 is 5.92 Å². The molecule has 2 nitrogen and oxygen atoms in total. The van der Waals surface area contributed by atoms with E-state index in [0.717, 1.165) is 12.2 Å². The van der Waals surface area contributed by atoms with E-state index in [2.05, 4.69) is 6.08 Å². The highest BCUT2D eigenvalue weighted by Gasteiger charge is 2.21. The van der Waals surface area contributed by atoms with E-state index in [1.165, 1.54) is 0 Å². The smallest absolute Gasteiger partial charge is 0.145 e. The quantitative estimate of drug-likeness (QED) is 0.554. The van der Waals surface area contributed by atoms with Crippen LogP contribution in [0, 0.1) is 28.6 Å². The lowest BCUT2D eigenvalue weighted by Crippen LogP contribution is -2.15. The van der Waals surface area contributed by atoms with Crippen LogP contribution in [0.15, 0.2) is 12.2 Å². The number of allylic oxidation sites excluding steroid dienone is 1. The molecule has 0 aromatic carbocycles. The van der Waals surface area contributed by atoms with Crippen molar-refractivity contribution in [2.75, 3.05) is 5.75 Å². The molecule has 0 fully saturated rings. The Morgan fingerprint density at radius 3 is 2.55 bits per heavy atom. The molecule has 0 saturated heterocycles.